The van der Waals surface area contributed by atoms with E-state index in [2.05, 4.69) is 0 Å². The van der Waals surface area contributed by atoms with Crippen LogP contribution in [0.1, 0.15) is 37.7 Å². The zero-order valence-corrected chi connectivity index (χ0v) is 11.7. The van der Waals surface area contributed by atoms with Crippen molar-refractivity contribution < 1.29 is 4.74 Å². The third-order valence-electron chi connectivity index (χ3n) is 3.85. The van der Waals surface area contributed by atoms with Crippen LogP contribution < -0.4 is 10.5 Å². The van der Waals surface area contributed by atoms with Gasteiger partial charge in [-0.3, -0.25) is 0 Å². The Morgan fingerprint density at radius 3 is 2.78 bits per heavy atom. The molecule has 1 atom stereocenters. The van der Waals surface area contributed by atoms with Gasteiger partial charge in [0, 0.05) is 11.1 Å². The number of halogens is 1. The molecule has 1 aliphatic carbocycles. The molecule has 100 valence electrons. The molecule has 0 aromatic heterocycles. The summed E-state index contributed by atoms with van der Waals surface area (Å²) in [6.07, 6.45) is 6.21. The van der Waals surface area contributed by atoms with Crippen LogP contribution in [0, 0.1) is 12.8 Å². The van der Waals surface area contributed by atoms with Crippen LogP contribution in [0.2, 0.25) is 5.02 Å². The fourth-order valence-electron chi connectivity index (χ4n) is 2.64. The zero-order valence-electron chi connectivity index (χ0n) is 11.0. The van der Waals surface area contributed by atoms with Crippen molar-refractivity contribution in [2.24, 2.45) is 11.7 Å². The molecule has 2 nitrogen and oxygen atoms in total. The highest BCUT2D eigenvalue weighted by molar-refractivity contribution is 6.31. The molecule has 0 aliphatic heterocycles. The van der Waals surface area contributed by atoms with Crippen molar-refractivity contribution in [3.8, 4) is 5.75 Å². The van der Waals surface area contributed by atoms with E-state index in [1.54, 1.807) is 0 Å². The molecule has 2 N–H and O–H groups in total. The van der Waals surface area contributed by atoms with Crippen LogP contribution in [-0.4, -0.2) is 12.6 Å². The van der Waals surface area contributed by atoms with Crippen molar-refractivity contribution in [3.63, 3.8) is 0 Å². The van der Waals surface area contributed by atoms with Crippen molar-refractivity contribution in [1.82, 2.24) is 0 Å². The van der Waals surface area contributed by atoms with Gasteiger partial charge in [-0.05, 0) is 55.9 Å². The second-order valence-electron chi connectivity index (χ2n) is 5.26. The van der Waals surface area contributed by atoms with Gasteiger partial charge in [-0.15, -0.1) is 0 Å². The van der Waals surface area contributed by atoms with E-state index in [9.17, 15) is 0 Å². The van der Waals surface area contributed by atoms with E-state index in [0.29, 0.717) is 18.6 Å². The van der Waals surface area contributed by atoms with Crippen molar-refractivity contribution in [2.75, 3.05) is 6.61 Å². The lowest BCUT2D eigenvalue weighted by Crippen LogP contribution is -2.30. The van der Waals surface area contributed by atoms with Gasteiger partial charge in [0.25, 0.3) is 0 Å². The second kappa shape index (κ2) is 6.44. The molecule has 18 heavy (non-hydrogen) atoms. The van der Waals surface area contributed by atoms with E-state index >= 15 is 0 Å². The van der Waals surface area contributed by atoms with Gasteiger partial charge < -0.3 is 10.5 Å². The number of benzene rings is 1. The molecular formula is C15H22ClNO. The van der Waals surface area contributed by atoms with E-state index < -0.39 is 0 Å². The Labute approximate surface area is 114 Å². The first-order chi connectivity index (χ1) is 8.66. The Bertz CT molecular complexity index is 388. The number of nitrogens with two attached hydrogens (primary N) is 1. The van der Waals surface area contributed by atoms with Crippen LogP contribution in [0.3, 0.4) is 0 Å². The van der Waals surface area contributed by atoms with Gasteiger partial charge in [0.05, 0.1) is 6.61 Å². The monoisotopic (exact) mass is 267 g/mol. The van der Waals surface area contributed by atoms with E-state index in [1.165, 1.54) is 25.7 Å². The highest BCUT2D eigenvalue weighted by Gasteiger charge is 2.21. The summed E-state index contributed by atoms with van der Waals surface area (Å²) in [6.45, 7) is 2.68. The number of aryl methyl sites for hydroxylation is 1. The standard InChI is InChI=1S/C15H22ClNO/c1-11-10-13(6-7-14(11)16)18-9-8-15(17)12-4-2-3-5-12/h6-7,10,12,15H,2-5,8-9,17H2,1H3. The summed E-state index contributed by atoms with van der Waals surface area (Å²) in [5, 5.41) is 0.782. The summed E-state index contributed by atoms with van der Waals surface area (Å²) in [7, 11) is 0. The normalized spacial score (nSPS) is 17.9. The van der Waals surface area contributed by atoms with Gasteiger partial charge >= 0.3 is 0 Å². The lowest BCUT2D eigenvalue weighted by atomic mass is 9.97. The molecule has 2 rings (SSSR count). The molecule has 1 aromatic rings. The molecule has 0 spiro atoms. The summed E-state index contributed by atoms with van der Waals surface area (Å²) < 4.78 is 5.73. The molecule has 0 saturated heterocycles. The summed E-state index contributed by atoms with van der Waals surface area (Å²) in [5.74, 6) is 1.59. The molecule has 1 aliphatic rings. The average Bonchev–Trinajstić information content (AvgIpc) is 2.87. The van der Waals surface area contributed by atoms with Gasteiger partial charge in [0.15, 0.2) is 0 Å². The van der Waals surface area contributed by atoms with E-state index in [0.717, 1.165) is 22.8 Å². The number of ether oxygens (including phenoxy) is 1. The minimum absolute atomic E-state index is 0.292. The van der Waals surface area contributed by atoms with Crippen molar-refractivity contribution in [2.45, 2.75) is 45.1 Å². The van der Waals surface area contributed by atoms with Crippen LogP contribution in [0.5, 0.6) is 5.75 Å². The molecular weight excluding hydrogens is 246 g/mol. The third kappa shape index (κ3) is 3.63. The van der Waals surface area contributed by atoms with Crippen LogP contribution in [0.4, 0.5) is 0 Å². The molecule has 0 amide bonds. The van der Waals surface area contributed by atoms with E-state index in [4.69, 9.17) is 22.1 Å². The zero-order chi connectivity index (χ0) is 13.0. The molecule has 0 heterocycles. The highest BCUT2D eigenvalue weighted by atomic mass is 35.5. The quantitative estimate of drug-likeness (QED) is 0.877. The number of rotatable bonds is 5. The lowest BCUT2D eigenvalue weighted by molar-refractivity contribution is 0.274. The van der Waals surface area contributed by atoms with Crippen molar-refractivity contribution in [3.05, 3.63) is 28.8 Å². The molecule has 1 aromatic carbocycles. The molecule has 1 saturated carbocycles. The Balaban J connectivity index is 1.75. The Hall–Kier alpha value is -0.730. The SMILES string of the molecule is Cc1cc(OCCC(N)C2CCCC2)ccc1Cl. The van der Waals surface area contributed by atoms with Crippen LogP contribution in [-0.2, 0) is 0 Å². The number of hydrogen-bond acceptors (Lipinski definition) is 2. The molecule has 0 radical (unpaired) electrons. The summed E-state index contributed by atoms with van der Waals surface area (Å²) in [6, 6.07) is 6.06. The molecule has 1 unspecified atom stereocenters. The molecule has 3 heteroatoms. The largest absolute Gasteiger partial charge is 0.494 e. The summed E-state index contributed by atoms with van der Waals surface area (Å²) in [4.78, 5) is 0. The average molecular weight is 268 g/mol. The van der Waals surface area contributed by atoms with Crippen molar-refractivity contribution >= 4 is 11.6 Å². The third-order valence-corrected chi connectivity index (χ3v) is 4.28. The predicted octanol–water partition coefficient (Wildman–Crippen LogP) is 3.93. The first-order valence-electron chi connectivity index (χ1n) is 6.81. The minimum Gasteiger partial charge on any atom is -0.494 e. The predicted molar refractivity (Wildman–Crippen MR) is 76.2 cm³/mol. The molecule has 0 bridgehead atoms. The van der Waals surface area contributed by atoms with Crippen LogP contribution >= 0.6 is 11.6 Å². The fourth-order valence-corrected chi connectivity index (χ4v) is 2.76. The maximum absolute atomic E-state index is 6.20. The Morgan fingerprint density at radius 2 is 2.11 bits per heavy atom. The van der Waals surface area contributed by atoms with Crippen molar-refractivity contribution in [1.29, 1.82) is 0 Å². The maximum Gasteiger partial charge on any atom is 0.119 e. The lowest BCUT2D eigenvalue weighted by Gasteiger charge is -2.18. The van der Waals surface area contributed by atoms with Gasteiger partial charge in [-0.1, -0.05) is 24.4 Å². The highest BCUT2D eigenvalue weighted by Crippen LogP contribution is 2.28. The first-order valence-corrected chi connectivity index (χ1v) is 7.19. The van der Waals surface area contributed by atoms with Crippen LogP contribution in [0.25, 0.3) is 0 Å². The Morgan fingerprint density at radius 1 is 1.39 bits per heavy atom. The van der Waals surface area contributed by atoms with Gasteiger partial charge in [0.2, 0.25) is 0 Å². The van der Waals surface area contributed by atoms with E-state index in [1.807, 2.05) is 25.1 Å². The Kier molecular flexibility index (Phi) is 4.90. The number of hydrogen-bond donors (Lipinski definition) is 1. The van der Waals surface area contributed by atoms with E-state index in [-0.39, 0.29) is 0 Å². The maximum atomic E-state index is 6.20. The molecule has 1 fully saturated rings. The topological polar surface area (TPSA) is 35.2 Å². The minimum atomic E-state index is 0.292. The summed E-state index contributed by atoms with van der Waals surface area (Å²) in [5.41, 5.74) is 7.25. The van der Waals surface area contributed by atoms with Crippen LogP contribution in [0.15, 0.2) is 18.2 Å². The smallest absolute Gasteiger partial charge is 0.119 e. The van der Waals surface area contributed by atoms with Gasteiger partial charge in [-0.25, -0.2) is 0 Å². The first kappa shape index (κ1) is 13.7. The summed E-state index contributed by atoms with van der Waals surface area (Å²) >= 11 is 5.98. The van der Waals surface area contributed by atoms with Gasteiger partial charge in [-0.2, -0.15) is 0 Å². The van der Waals surface area contributed by atoms with Gasteiger partial charge in [0.1, 0.15) is 5.75 Å². The second-order valence-corrected chi connectivity index (χ2v) is 5.66. The fraction of sp³-hybridized carbons (Fsp3) is 0.600.